The number of nitrogens with zero attached hydrogens (tertiary/aromatic N) is 3. The first kappa shape index (κ1) is 14.1. The third-order valence-corrected chi connectivity index (χ3v) is 2.17. The van der Waals surface area contributed by atoms with Gasteiger partial charge in [0.25, 0.3) is 0 Å². The van der Waals surface area contributed by atoms with E-state index in [0.29, 0.717) is 25.9 Å². The summed E-state index contributed by atoms with van der Waals surface area (Å²) in [6, 6.07) is 0.456. The fourth-order valence-corrected chi connectivity index (χ4v) is 1.24. The van der Waals surface area contributed by atoms with Gasteiger partial charge in [0, 0.05) is 25.9 Å². The van der Waals surface area contributed by atoms with Crippen molar-refractivity contribution < 1.29 is 9.47 Å². The summed E-state index contributed by atoms with van der Waals surface area (Å²) in [7, 11) is 1.66. The van der Waals surface area contributed by atoms with Crippen molar-refractivity contribution in [3.05, 3.63) is 11.9 Å². The van der Waals surface area contributed by atoms with Crippen LogP contribution in [-0.2, 0) is 22.6 Å². The molecule has 0 radical (unpaired) electrons. The summed E-state index contributed by atoms with van der Waals surface area (Å²) in [5.41, 5.74) is 0.954. The van der Waals surface area contributed by atoms with E-state index in [2.05, 4.69) is 29.5 Å². The lowest BCUT2D eigenvalue weighted by atomic mass is 10.3. The van der Waals surface area contributed by atoms with Crippen molar-refractivity contribution in [2.75, 3.05) is 26.9 Å². The van der Waals surface area contributed by atoms with Crippen LogP contribution in [0.5, 0.6) is 0 Å². The van der Waals surface area contributed by atoms with Crippen LogP contribution in [-0.4, -0.2) is 48.0 Å². The Morgan fingerprint density at radius 1 is 1.35 bits per heavy atom. The maximum Gasteiger partial charge on any atom is 0.0964 e. The standard InChI is InChI=1S/C11H22N4O2/c1-10(2)12-8-11-9-15(14-13-11)4-5-17-7-6-16-3/h9-10,12H,4-8H2,1-3H3. The normalized spacial score (nSPS) is 11.3. The monoisotopic (exact) mass is 242 g/mol. The minimum Gasteiger partial charge on any atom is -0.382 e. The molecule has 1 heterocycles. The quantitative estimate of drug-likeness (QED) is 0.637. The molecule has 6 heteroatoms. The maximum absolute atomic E-state index is 5.36. The molecule has 0 saturated heterocycles. The second kappa shape index (κ2) is 8.16. The van der Waals surface area contributed by atoms with Gasteiger partial charge in [-0.15, -0.1) is 5.10 Å². The van der Waals surface area contributed by atoms with E-state index in [-0.39, 0.29) is 0 Å². The first-order chi connectivity index (χ1) is 8.22. The fourth-order valence-electron chi connectivity index (χ4n) is 1.24. The molecule has 0 aliphatic rings. The van der Waals surface area contributed by atoms with Crippen LogP contribution in [0.25, 0.3) is 0 Å². The Balaban J connectivity index is 2.17. The van der Waals surface area contributed by atoms with Gasteiger partial charge in [-0.05, 0) is 0 Å². The number of methoxy groups -OCH3 is 1. The number of ether oxygens (including phenoxy) is 2. The molecular weight excluding hydrogens is 220 g/mol. The van der Waals surface area contributed by atoms with E-state index in [0.717, 1.165) is 18.8 Å². The lowest BCUT2D eigenvalue weighted by Crippen LogP contribution is -2.21. The topological polar surface area (TPSA) is 61.2 Å². The minimum absolute atomic E-state index is 0.456. The molecule has 0 fully saturated rings. The SMILES string of the molecule is COCCOCCn1cc(CNC(C)C)nn1. The van der Waals surface area contributed by atoms with Gasteiger partial charge in [-0.3, -0.25) is 0 Å². The molecule has 1 aromatic heterocycles. The Labute approximate surface area is 102 Å². The highest BCUT2D eigenvalue weighted by molar-refractivity contribution is 4.91. The van der Waals surface area contributed by atoms with E-state index >= 15 is 0 Å². The van der Waals surface area contributed by atoms with Crippen molar-refractivity contribution in [3.63, 3.8) is 0 Å². The molecule has 0 saturated carbocycles. The zero-order valence-corrected chi connectivity index (χ0v) is 10.8. The Hall–Kier alpha value is -0.980. The lowest BCUT2D eigenvalue weighted by Gasteiger charge is -2.04. The first-order valence-corrected chi connectivity index (χ1v) is 5.91. The summed E-state index contributed by atoms with van der Waals surface area (Å²) in [6.07, 6.45) is 1.94. The number of rotatable bonds is 9. The lowest BCUT2D eigenvalue weighted by molar-refractivity contribution is 0.0652. The van der Waals surface area contributed by atoms with Crippen LogP contribution in [0.2, 0.25) is 0 Å². The van der Waals surface area contributed by atoms with Gasteiger partial charge < -0.3 is 14.8 Å². The van der Waals surface area contributed by atoms with Crippen molar-refractivity contribution in [2.45, 2.75) is 33.0 Å². The molecule has 1 aromatic rings. The van der Waals surface area contributed by atoms with Crippen LogP contribution >= 0.6 is 0 Å². The van der Waals surface area contributed by atoms with Crippen LogP contribution in [0.4, 0.5) is 0 Å². The van der Waals surface area contributed by atoms with Crippen LogP contribution < -0.4 is 5.32 Å². The van der Waals surface area contributed by atoms with Crippen LogP contribution in [0.15, 0.2) is 6.20 Å². The predicted octanol–water partition coefficient (Wildman–Crippen LogP) is 0.439. The highest BCUT2D eigenvalue weighted by Crippen LogP contribution is 1.94. The molecule has 0 atom stereocenters. The van der Waals surface area contributed by atoms with Crippen molar-refractivity contribution in [1.82, 2.24) is 20.3 Å². The van der Waals surface area contributed by atoms with Gasteiger partial charge in [-0.2, -0.15) is 0 Å². The summed E-state index contributed by atoms with van der Waals surface area (Å²) in [4.78, 5) is 0. The average molecular weight is 242 g/mol. The van der Waals surface area contributed by atoms with Gasteiger partial charge in [0.15, 0.2) is 0 Å². The second-order valence-electron chi connectivity index (χ2n) is 4.11. The molecule has 0 aliphatic heterocycles. The van der Waals surface area contributed by atoms with Crippen LogP contribution in [0, 0.1) is 0 Å². The molecule has 0 aliphatic carbocycles. The number of aromatic nitrogens is 3. The summed E-state index contributed by atoms with van der Waals surface area (Å²) >= 11 is 0. The fraction of sp³-hybridized carbons (Fsp3) is 0.818. The van der Waals surface area contributed by atoms with Gasteiger partial charge in [-0.1, -0.05) is 19.1 Å². The van der Waals surface area contributed by atoms with Crippen molar-refractivity contribution >= 4 is 0 Å². The molecule has 0 aromatic carbocycles. The van der Waals surface area contributed by atoms with Gasteiger partial charge in [0.05, 0.1) is 32.1 Å². The molecule has 1 N–H and O–H groups in total. The largest absolute Gasteiger partial charge is 0.382 e. The van der Waals surface area contributed by atoms with Crippen LogP contribution in [0.3, 0.4) is 0 Å². The third kappa shape index (κ3) is 6.35. The van der Waals surface area contributed by atoms with Crippen molar-refractivity contribution in [3.8, 4) is 0 Å². The molecule has 1 rings (SSSR count). The average Bonchev–Trinajstić information content (AvgIpc) is 2.74. The number of hydrogen-bond acceptors (Lipinski definition) is 5. The van der Waals surface area contributed by atoms with Gasteiger partial charge in [0.1, 0.15) is 0 Å². The Morgan fingerprint density at radius 3 is 2.88 bits per heavy atom. The minimum atomic E-state index is 0.456. The highest BCUT2D eigenvalue weighted by Gasteiger charge is 2.01. The first-order valence-electron chi connectivity index (χ1n) is 5.91. The number of hydrogen-bond donors (Lipinski definition) is 1. The Morgan fingerprint density at radius 2 is 2.18 bits per heavy atom. The zero-order valence-electron chi connectivity index (χ0n) is 10.8. The Kier molecular flexibility index (Phi) is 6.76. The van der Waals surface area contributed by atoms with E-state index in [1.54, 1.807) is 11.8 Å². The van der Waals surface area contributed by atoms with Gasteiger partial charge >= 0.3 is 0 Å². The van der Waals surface area contributed by atoms with E-state index in [4.69, 9.17) is 9.47 Å². The molecule has 98 valence electrons. The van der Waals surface area contributed by atoms with Gasteiger partial charge in [0.2, 0.25) is 0 Å². The van der Waals surface area contributed by atoms with E-state index in [1.807, 2.05) is 6.20 Å². The molecule has 0 bridgehead atoms. The van der Waals surface area contributed by atoms with E-state index < -0.39 is 0 Å². The summed E-state index contributed by atoms with van der Waals surface area (Å²) in [5, 5.41) is 11.4. The highest BCUT2D eigenvalue weighted by atomic mass is 16.5. The van der Waals surface area contributed by atoms with Crippen molar-refractivity contribution in [2.24, 2.45) is 0 Å². The zero-order chi connectivity index (χ0) is 12.5. The van der Waals surface area contributed by atoms with Crippen molar-refractivity contribution in [1.29, 1.82) is 0 Å². The predicted molar refractivity (Wildman–Crippen MR) is 64.7 cm³/mol. The molecular formula is C11H22N4O2. The van der Waals surface area contributed by atoms with E-state index in [1.165, 1.54) is 0 Å². The maximum atomic E-state index is 5.36. The van der Waals surface area contributed by atoms with E-state index in [9.17, 15) is 0 Å². The molecule has 17 heavy (non-hydrogen) atoms. The van der Waals surface area contributed by atoms with Gasteiger partial charge in [-0.25, -0.2) is 4.68 Å². The summed E-state index contributed by atoms with van der Waals surface area (Å²) in [6.45, 7) is 7.56. The second-order valence-corrected chi connectivity index (χ2v) is 4.11. The molecule has 6 nitrogen and oxygen atoms in total. The Bertz CT molecular complexity index is 301. The van der Waals surface area contributed by atoms with Crippen LogP contribution in [0.1, 0.15) is 19.5 Å². The molecule has 0 amide bonds. The smallest absolute Gasteiger partial charge is 0.0964 e. The molecule has 0 spiro atoms. The number of nitrogens with one attached hydrogen (secondary N) is 1. The summed E-state index contributed by atoms with van der Waals surface area (Å²) < 4.78 is 12.0. The summed E-state index contributed by atoms with van der Waals surface area (Å²) in [5.74, 6) is 0. The third-order valence-electron chi connectivity index (χ3n) is 2.17. The molecule has 0 unspecified atom stereocenters.